The molecule has 0 amide bonds. The van der Waals surface area contributed by atoms with Gasteiger partial charge in [-0.2, -0.15) is 0 Å². The Labute approximate surface area is 79.0 Å². The van der Waals surface area contributed by atoms with Crippen molar-refractivity contribution in [1.82, 2.24) is 0 Å². The van der Waals surface area contributed by atoms with Crippen molar-refractivity contribution in [3.05, 3.63) is 33.9 Å². The Morgan fingerprint density at radius 2 is 2.36 bits per heavy atom. The number of rotatable bonds is 1. The van der Waals surface area contributed by atoms with Gasteiger partial charge < -0.3 is 10.4 Å². The zero-order valence-corrected chi connectivity index (χ0v) is 7.04. The average molecular weight is 193 g/mol. The van der Waals surface area contributed by atoms with Crippen LogP contribution in [0.1, 0.15) is 11.8 Å². The lowest BCUT2D eigenvalue weighted by Crippen LogP contribution is -2.11. The van der Waals surface area contributed by atoms with Gasteiger partial charge >= 0.3 is 0 Å². The van der Waals surface area contributed by atoms with Crippen molar-refractivity contribution in [2.24, 2.45) is 4.99 Å². The summed E-state index contributed by atoms with van der Waals surface area (Å²) in [6, 6.07) is 4.48. The monoisotopic (exact) mass is 193 g/mol. The lowest BCUT2D eigenvalue weighted by atomic mass is 10.1. The van der Waals surface area contributed by atoms with Gasteiger partial charge in [-0.3, -0.25) is 10.1 Å². The molecule has 0 fully saturated rings. The van der Waals surface area contributed by atoms with Gasteiger partial charge in [0.15, 0.2) is 6.23 Å². The SMILES string of the molecule is O=[N+]([O-])c1cccc2c1NC=NC2O. The number of anilines is 1. The van der Waals surface area contributed by atoms with Gasteiger partial charge in [0.2, 0.25) is 0 Å². The largest absolute Gasteiger partial charge is 0.368 e. The third kappa shape index (κ3) is 1.21. The van der Waals surface area contributed by atoms with Gasteiger partial charge in [0.1, 0.15) is 5.69 Å². The number of hydrogen-bond acceptors (Lipinski definition) is 5. The van der Waals surface area contributed by atoms with Crippen LogP contribution in [0.4, 0.5) is 11.4 Å². The van der Waals surface area contributed by atoms with E-state index in [4.69, 9.17) is 0 Å². The van der Waals surface area contributed by atoms with Gasteiger partial charge in [0.25, 0.3) is 5.69 Å². The number of nitrogens with one attached hydrogen (secondary N) is 1. The topological polar surface area (TPSA) is 87.8 Å². The van der Waals surface area contributed by atoms with Crippen LogP contribution in [0.5, 0.6) is 0 Å². The predicted octanol–water partition coefficient (Wildman–Crippen LogP) is 1.04. The summed E-state index contributed by atoms with van der Waals surface area (Å²) in [5.74, 6) is 0. The second kappa shape index (κ2) is 3.08. The maximum Gasteiger partial charge on any atom is 0.293 e. The van der Waals surface area contributed by atoms with E-state index in [2.05, 4.69) is 10.3 Å². The standard InChI is InChI=1S/C8H7N3O3/c12-8-5-2-1-3-6(11(13)14)7(5)9-4-10-8/h1-4,8,12H,(H,9,10). The van der Waals surface area contributed by atoms with Crippen LogP contribution in [-0.2, 0) is 0 Å². The lowest BCUT2D eigenvalue weighted by Gasteiger charge is -2.16. The highest BCUT2D eigenvalue weighted by molar-refractivity contribution is 5.85. The summed E-state index contributed by atoms with van der Waals surface area (Å²) in [6.45, 7) is 0. The summed E-state index contributed by atoms with van der Waals surface area (Å²) < 4.78 is 0. The minimum absolute atomic E-state index is 0.0623. The molecule has 6 nitrogen and oxygen atoms in total. The molecule has 0 aromatic heterocycles. The normalized spacial score (nSPS) is 18.5. The van der Waals surface area contributed by atoms with Crippen molar-refractivity contribution in [3.63, 3.8) is 0 Å². The number of nitrogens with zero attached hydrogens (tertiary/aromatic N) is 2. The summed E-state index contributed by atoms with van der Waals surface area (Å²) in [5.41, 5.74) is 0.661. The fraction of sp³-hybridized carbons (Fsp3) is 0.125. The van der Waals surface area contributed by atoms with E-state index in [9.17, 15) is 15.2 Å². The summed E-state index contributed by atoms with van der Waals surface area (Å²) in [7, 11) is 0. The van der Waals surface area contributed by atoms with E-state index in [0.717, 1.165) is 0 Å². The molecule has 0 radical (unpaired) electrons. The molecule has 1 aliphatic heterocycles. The summed E-state index contributed by atoms with van der Waals surface area (Å²) in [4.78, 5) is 13.8. The number of aliphatic hydroxyl groups excluding tert-OH is 1. The van der Waals surface area contributed by atoms with Crippen LogP contribution >= 0.6 is 0 Å². The van der Waals surface area contributed by atoms with E-state index in [1.807, 2.05) is 0 Å². The van der Waals surface area contributed by atoms with Gasteiger partial charge in [-0.05, 0) is 0 Å². The molecule has 1 heterocycles. The van der Waals surface area contributed by atoms with Crippen LogP contribution in [0.3, 0.4) is 0 Å². The molecule has 1 aliphatic rings. The number of fused-ring (bicyclic) bond motifs is 1. The number of nitro benzene ring substituents is 1. The van der Waals surface area contributed by atoms with Crippen LogP contribution in [0, 0.1) is 10.1 Å². The van der Waals surface area contributed by atoms with Gasteiger partial charge in [0.05, 0.1) is 11.3 Å². The number of para-hydroxylation sites is 1. The van der Waals surface area contributed by atoms with E-state index in [1.54, 1.807) is 6.07 Å². The molecule has 14 heavy (non-hydrogen) atoms. The van der Waals surface area contributed by atoms with Crippen LogP contribution in [-0.4, -0.2) is 16.4 Å². The molecule has 1 unspecified atom stereocenters. The Hall–Kier alpha value is -1.95. The van der Waals surface area contributed by atoms with Crippen LogP contribution < -0.4 is 5.32 Å². The summed E-state index contributed by atoms with van der Waals surface area (Å²) >= 11 is 0. The summed E-state index contributed by atoms with van der Waals surface area (Å²) in [6.07, 6.45) is 0.228. The number of aliphatic imine (C=N–C) groups is 1. The number of benzene rings is 1. The van der Waals surface area contributed by atoms with Gasteiger partial charge in [0, 0.05) is 11.6 Å². The smallest absolute Gasteiger partial charge is 0.293 e. The Kier molecular flexibility index (Phi) is 1.90. The lowest BCUT2D eigenvalue weighted by molar-refractivity contribution is -0.384. The molecule has 2 rings (SSSR count). The molecular formula is C8H7N3O3. The van der Waals surface area contributed by atoms with Crippen molar-refractivity contribution in [1.29, 1.82) is 0 Å². The molecule has 1 aromatic rings. The molecule has 0 bridgehead atoms. The van der Waals surface area contributed by atoms with Crippen LogP contribution in [0.25, 0.3) is 0 Å². The third-order valence-corrected chi connectivity index (χ3v) is 1.97. The molecule has 72 valence electrons. The molecule has 1 aromatic carbocycles. The van der Waals surface area contributed by atoms with Crippen molar-refractivity contribution >= 4 is 17.7 Å². The molecule has 0 spiro atoms. The number of nitro groups is 1. The molecular weight excluding hydrogens is 186 g/mol. The minimum Gasteiger partial charge on any atom is -0.368 e. The second-order valence-electron chi connectivity index (χ2n) is 2.79. The Morgan fingerprint density at radius 3 is 3.07 bits per heavy atom. The quantitative estimate of drug-likeness (QED) is 0.515. The highest BCUT2D eigenvalue weighted by Gasteiger charge is 2.22. The summed E-state index contributed by atoms with van der Waals surface area (Å²) in [5, 5.41) is 22.7. The fourth-order valence-electron chi connectivity index (χ4n) is 1.33. The first kappa shape index (κ1) is 8.64. The first-order valence-electron chi connectivity index (χ1n) is 3.93. The fourth-order valence-corrected chi connectivity index (χ4v) is 1.33. The zero-order chi connectivity index (χ0) is 10.1. The van der Waals surface area contributed by atoms with E-state index in [0.29, 0.717) is 11.3 Å². The van der Waals surface area contributed by atoms with E-state index in [1.165, 1.54) is 18.5 Å². The van der Waals surface area contributed by atoms with Gasteiger partial charge in [-0.15, -0.1) is 0 Å². The number of aliphatic hydroxyl groups is 1. The molecule has 0 saturated carbocycles. The molecule has 0 aliphatic carbocycles. The zero-order valence-electron chi connectivity index (χ0n) is 7.04. The van der Waals surface area contributed by atoms with Gasteiger partial charge in [-0.1, -0.05) is 12.1 Å². The highest BCUT2D eigenvalue weighted by atomic mass is 16.6. The van der Waals surface area contributed by atoms with Crippen LogP contribution in [0.2, 0.25) is 0 Å². The minimum atomic E-state index is -1.02. The average Bonchev–Trinajstić information content (AvgIpc) is 2.17. The van der Waals surface area contributed by atoms with Gasteiger partial charge in [-0.25, -0.2) is 4.99 Å². The Bertz CT molecular complexity index is 416. The highest BCUT2D eigenvalue weighted by Crippen LogP contribution is 2.34. The van der Waals surface area contributed by atoms with Crippen molar-refractivity contribution < 1.29 is 10.0 Å². The van der Waals surface area contributed by atoms with Crippen molar-refractivity contribution in [2.75, 3.05) is 5.32 Å². The Balaban J connectivity index is 2.59. The molecule has 6 heteroatoms. The first-order chi connectivity index (χ1) is 6.70. The molecule has 0 saturated heterocycles. The number of hydrogen-bond donors (Lipinski definition) is 2. The second-order valence-corrected chi connectivity index (χ2v) is 2.79. The van der Waals surface area contributed by atoms with Crippen molar-refractivity contribution in [3.8, 4) is 0 Å². The van der Waals surface area contributed by atoms with E-state index in [-0.39, 0.29) is 5.69 Å². The van der Waals surface area contributed by atoms with Crippen LogP contribution in [0.15, 0.2) is 23.2 Å². The third-order valence-electron chi connectivity index (χ3n) is 1.97. The van der Waals surface area contributed by atoms with Crippen molar-refractivity contribution in [2.45, 2.75) is 6.23 Å². The Morgan fingerprint density at radius 1 is 1.57 bits per heavy atom. The van der Waals surface area contributed by atoms with E-state index < -0.39 is 11.2 Å². The maximum absolute atomic E-state index is 10.6. The maximum atomic E-state index is 10.6. The first-order valence-corrected chi connectivity index (χ1v) is 3.93. The molecule has 2 N–H and O–H groups in total. The molecule has 1 atom stereocenters. The van der Waals surface area contributed by atoms with E-state index >= 15 is 0 Å². The predicted molar refractivity (Wildman–Crippen MR) is 50.2 cm³/mol.